The van der Waals surface area contributed by atoms with Crippen molar-refractivity contribution in [2.45, 2.75) is 33.4 Å². The van der Waals surface area contributed by atoms with Crippen molar-refractivity contribution in [3.8, 4) is 17.0 Å². The molecule has 0 fully saturated rings. The lowest BCUT2D eigenvalue weighted by Gasteiger charge is -2.11. The fourth-order valence-electron chi connectivity index (χ4n) is 3.94. The summed E-state index contributed by atoms with van der Waals surface area (Å²) < 4.78 is 15.2. The Labute approximate surface area is 192 Å². The number of hydrogen-bond donors (Lipinski definition) is 2. The van der Waals surface area contributed by atoms with Gasteiger partial charge in [0.2, 0.25) is 0 Å². The molecule has 2 aromatic carbocycles. The molecule has 2 aromatic heterocycles. The minimum Gasteiger partial charge on any atom is -0.493 e. The van der Waals surface area contributed by atoms with E-state index >= 15 is 0 Å². The van der Waals surface area contributed by atoms with Crippen molar-refractivity contribution in [2.75, 3.05) is 24.3 Å². The second-order valence-corrected chi connectivity index (χ2v) is 7.61. The molecule has 2 heterocycles. The smallest absolute Gasteiger partial charge is 0.411 e. The Morgan fingerprint density at radius 3 is 2.67 bits per heavy atom. The maximum absolute atomic E-state index is 11.7. The molecule has 0 atom stereocenters. The van der Waals surface area contributed by atoms with Gasteiger partial charge in [-0.1, -0.05) is 12.1 Å². The van der Waals surface area contributed by atoms with Crippen LogP contribution in [0.5, 0.6) is 5.75 Å². The number of nitrogens with two attached hydrogens (primary N) is 1. The number of nitrogens with one attached hydrogen (secondary N) is 1. The van der Waals surface area contributed by atoms with E-state index in [0.717, 1.165) is 53.1 Å². The normalized spacial score (nSPS) is 11.0. The fraction of sp³-hybridized carbons (Fsp3) is 0.280. The van der Waals surface area contributed by atoms with E-state index < -0.39 is 6.09 Å². The van der Waals surface area contributed by atoms with Crippen LogP contribution in [0.1, 0.15) is 20.3 Å². The van der Waals surface area contributed by atoms with Gasteiger partial charge in [0.15, 0.2) is 0 Å². The van der Waals surface area contributed by atoms with E-state index in [0.29, 0.717) is 18.9 Å². The molecule has 172 valence electrons. The molecule has 0 saturated heterocycles. The Morgan fingerprint density at radius 2 is 1.97 bits per heavy atom. The van der Waals surface area contributed by atoms with E-state index in [9.17, 15) is 4.79 Å². The van der Waals surface area contributed by atoms with Gasteiger partial charge in [0, 0.05) is 48.2 Å². The molecule has 4 rings (SSSR count). The van der Waals surface area contributed by atoms with Crippen LogP contribution in [0.15, 0.2) is 61.2 Å². The van der Waals surface area contributed by atoms with Crippen molar-refractivity contribution < 1.29 is 14.3 Å². The number of aryl methyl sites for hydroxylation is 2. The maximum atomic E-state index is 11.7. The lowest BCUT2D eigenvalue weighted by molar-refractivity contribution is 0.168. The first-order valence-electron chi connectivity index (χ1n) is 11.1. The van der Waals surface area contributed by atoms with Crippen LogP contribution < -0.4 is 15.8 Å². The van der Waals surface area contributed by atoms with Crippen molar-refractivity contribution in [1.29, 1.82) is 0 Å². The number of nitrogens with zero attached hydrogens (tertiary/aromatic N) is 3. The van der Waals surface area contributed by atoms with E-state index in [1.54, 1.807) is 13.1 Å². The van der Waals surface area contributed by atoms with Crippen molar-refractivity contribution in [3.63, 3.8) is 0 Å². The molecule has 8 nitrogen and oxygen atoms in total. The molecule has 0 spiro atoms. The topological polar surface area (TPSA) is 96.3 Å². The Kier molecular flexibility index (Phi) is 6.83. The standard InChI is InChI=1S/C25H29N5O3/c1-3-30-22-16-20(33-15-5-13-29-14-12-27-17-29)10-11-21(22)23(26)24(30)18-6-8-19(9-7-18)28-25(31)32-4-2/h6-12,14,16-17H,3-5,13,15,26H2,1-2H3,(H,28,31). The molecular formula is C25H29N5O3. The van der Waals surface area contributed by atoms with Gasteiger partial charge < -0.3 is 24.3 Å². The van der Waals surface area contributed by atoms with Gasteiger partial charge in [-0.25, -0.2) is 9.78 Å². The Morgan fingerprint density at radius 1 is 1.15 bits per heavy atom. The van der Waals surface area contributed by atoms with Crippen LogP contribution in [0.4, 0.5) is 16.2 Å². The molecule has 0 aliphatic carbocycles. The van der Waals surface area contributed by atoms with Gasteiger partial charge in [-0.3, -0.25) is 5.32 Å². The molecule has 0 radical (unpaired) electrons. The SMILES string of the molecule is CCOC(=O)Nc1ccc(-c2c(N)c3ccc(OCCCn4ccnc4)cc3n2CC)cc1. The molecule has 0 aliphatic rings. The van der Waals surface area contributed by atoms with Crippen LogP contribution in [-0.2, 0) is 17.8 Å². The van der Waals surface area contributed by atoms with Crippen molar-refractivity contribution in [3.05, 3.63) is 61.2 Å². The summed E-state index contributed by atoms with van der Waals surface area (Å²) in [5.74, 6) is 0.820. The lowest BCUT2D eigenvalue weighted by atomic mass is 10.1. The summed E-state index contributed by atoms with van der Waals surface area (Å²) in [5.41, 5.74) is 10.9. The van der Waals surface area contributed by atoms with Crippen LogP contribution in [-0.4, -0.2) is 33.4 Å². The van der Waals surface area contributed by atoms with E-state index in [1.165, 1.54) is 0 Å². The molecular weight excluding hydrogens is 418 g/mol. The molecule has 8 heteroatoms. The first-order chi connectivity index (χ1) is 16.1. The van der Waals surface area contributed by atoms with Crippen LogP contribution in [0.2, 0.25) is 0 Å². The summed E-state index contributed by atoms with van der Waals surface area (Å²) >= 11 is 0. The highest BCUT2D eigenvalue weighted by Gasteiger charge is 2.17. The Bertz CT molecular complexity index is 1210. The first kappa shape index (κ1) is 22.3. The second kappa shape index (κ2) is 10.1. The zero-order valence-corrected chi connectivity index (χ0v) is 19.0. The predicted octanol–water partition coefficient (Wildman–Crippen LogP) is 5.14. The van der Waals surface area contributed by atoms with Gasteiger partial charge in [0.25, 0.3) is 0 Å². The molecule has 0 bridgehead atoms. The van der Waals surface area contributed by atoms with E-state index in [2.05, 4.69) is 21.8 Å². The summed E-state index contributed by atoms with van der Waals surface area (Å²) in [6.07, 6.45) is 5.96. The number of benzene rings is 2. The van der Waals surface area contributed by atoms with Crippen LogP contribution >= 0.6 is 0 Å². The quantitative estimate of drug-likeness (QED) is 0.346. The minimum atomic E-state index is -0.468. The largest absolute Gasteiger partial charge is 0.493 e. The summed E-state index contributed by atoms with van der Waals surface area (Å²) in [7, 11) is 0. The summed E-state index contributed by atoms with van der Waals surface area (Å²) in [4.78, 5) is 15.7. The zero-order chi connectivity index (χ0) is 23.2. The van der Waals surface area contributed by atoms with Gasteiger partial charge in [-0.05, 0) is 44.5 Å². The predicted molar refractivity (Wildman–Crippen MR) is 130 cm³/mol. The number of hydrogen-bond acceptors (Lipinski definition) is 5. The van der Waals surface area contributed by atoms with E-state index in [1.807, 2.05) is 59.6 Å². The highest BCUT2D eigenvalue weighted by atomic mass is 16.5. The zero-order valence-electron chi connectivity index (χ0n) is 19.0. The van der Waals surface area contributed by atoms with E-state index in [-0.39, 0.29) is 0 Å². The number of imidazole rings is 1. The average Bonchev–Trinajstić information content (AvgIpc) is 3.43. The van der Waals surface area contributed by atoms with Gasteiger partial charge in [-0.15, -0.1) is 0 Å². The van der Waals surface area contributed by atoms with Gasteiger partial charge >= 0.3 is 6.09 Å². The first-order valence-corrected chi connectivity index (χ1v) is 11.1. The van der Waals surface area contributed by atoms with Gasteiger partial charge in [-0.2, -0.15) is 0 Å². The van der Waals surface area contributed by atoms with Crippen molar-refractivity contribution in [2.24, 2.45) is 0 Å². The van der Waals surface area contributed by atoms with Crippen LogP contribution in [0, 0.1) is 0 Å². The third-order valence-electron chi connectivity index (χ3n) is 5.46. The fourth-order valence-corrected chi connectivity index (χ4v) is 3.94. The number of anilines is 2. The number of fused-ring (bicyclic) bond motifs is 1. The van der Waals surface area contributed by atoms with Crippen LogP contribution in [0.3, 0.4) is 0 Å². The minimum absolute atomic E-state index is 0.327. The Hall–Kier alpha value is -3.94. The van der Waals surface area contributed by atoms with Crippen molar-refractivity contribution >= 4 is 28.4 Å². The molecule has 0 aliphatic heterocycles. The second-order valence-electron chi connectivity index (χ2n) is 7.61. The number of carbonyl (C=O) groups excluding carboxylic acids is 1. The summed E-state index contributed by atoms with van der Waals surface area (Å²) in [6, 6.07) is 13.6. The third-order valence-corrected chi connectivity index (χ3v) is 5.46. The summed E-state index contributed by atoms with van der Waals surface area (Å²) in [6.45, 7) is 6.44. The number of carbonyl (C=O) groups is 1. The highest BCUT2D eigenvalue weighted by Crippen LogP contribution is 2.38. The monoisotopic (exact) mass is 447 g/mol. The molecule has 0 unspecified atom stereocenters. The number of ether oxygens (including phenoxy) is 2. The molecule has 33 heavy (non-hydrogen) atoms. The number of rotatable bonds is 9. The number of aromatic nitrogens is 3. The van der Waals surface area contributed by atoms with Gasteiger partial charge in [0.05, 0.1) is 36.4 Å². The van der Waals surface area contributed by atoms with Crippen LogP contribution in [0.25, 0.3) is 22.2 Å². The highest BCUT2D eigenvalue weighted by molar-refractivity contribution is 6.01. The summed E-state index contributed by atoms with van der Waals surface area (Å²) in [5, 5.41) is 3.70. The lowest BCUT2D eigenvalue weighted by Crippen LogP contribution is -2.13. The molecule has 1 amide bonds. The van der Waals surface area contributed by atoms with Crippen molar-refractivity contribution in [1.82, 2.24) is 14.1 Å². The Balaban J connectivity index is 1.53. The molecule has 3 N–H and O–H groups in total. The molecule has 0 saturated carbocycles. The average molecular weight is 448 g/mol. The van der Waals surface area contributed by atoms with E-state index in [4.69, 9.17) is 15.2 Å². The maximum Gasteiger partial charge on any atom is 0.411 e. The van der Waals surface area contributed by atoms with Gasteiger partial charge in [0.1, 0.15) is 5.75 Å². The third kappa shape index (κ3) is 4.95. The number of nitrogen functional groups attached to an aromatic ring is 1. The number of amides is 1. The molecule has 4 aromatic rings.